The highest BCUT2D eigenvalue weighted by Crippen LogP contribution is 2.17. The summed E-state index contributed by atoms with van der Waals surface area (Å²) in [5.41, 5.74) is -0.254. The number of amides is 2. The van der Waals surface area contributed by atoms with Gasteiger partial charge in [0.15, 0.2) is 0 Å². The van der Waals surface area contributed by atoms with Gasteiger partial charge in [-0.15, -0.1) is 0 Å². The van der Waals surface area contributed by atoms with E-state index in [4.69, 9.17) is 4.74 Å². The summed E-state index contributed by atoms with van der Waals surface area (Å²) in [5, 5.41) is 9.94. The van der Waals surface area contributed by atoms with Crippen LogP contribution in [-0.4, -0.2) is 65.8 Å². The third-order valence-electron chi connectivity index (χ3n) is 2.59. The Hall–Kier alpha value is -1.56. The smallest absolute Gasteiger partial charge is 0.410 e. The first-order chi connectivity index (χ1) is 8.61. The van der Waals surface area contributed by atoms with Crippen LogP contribution >= 0.6 is 0 Å². The Morgan fingerprint density at radius 1 is 1.42 bits per heavy atom. The Labute approximate surface area is 113 Å². The molecule has 1 N–H and O–H groups in total. The van der Waals surface area contributed by atoms with E-state index in [0.717, 1.165) is 0 Å². The van der Waals surface area contributed by atoms with Crippen molar-refractivity contribution in [3.63, 3.8) is 0 Å². The van der Waals surface area contributed by atoms with Gasteiger partial charge in [0.25, 0.3) is 5.91 Å². The van der Waals surface area contributed by atoms with E-state index in [0.29, 0.717) is 5.57 Å². The third-order valence-corrected chi connectivity index (χ3v) is 2.59. The number of nitrogens with zero attached hydrogens (tertiary/aromatic N) is 2. The highest BCUT2D eigenvalue weighted by atomic mass is 16.6. The minimum absolute atomic E-state index is 0.0698. The van der Waals surface area contributed by atoms with Crippen LogP contribution in [0.25, 0.3) is 0 Å². The molecule has 0 radical (unpaired) electrons. The number of hydrogen-bond acceptors (Lipinski definition) is 4. The lowest BCUT2D eigenvalue weighted by molar-refractivity contribution is -0.126. The first-order valence-electron chi connectivity index (χ1n) is 6.19. The van der Waals surface area contributed by atoms with Crippen molar-refractivity contribution >= 4 is 12.0 Å². The molecule has 0 fully saturated rings. The fourth-order valence-corrected chi connectivity index (χ4v) is 1.69. The van der Waals surface area contributed by atoms with Gasteiger partial charge in [-0.1, -0.05) is 6.08 Å². The molecule has 0 spiro atoms. The molecular weight excluding hydrogens is 248 g/mol. The molecule has 0 saturated carbocycles. The molecule has 0 bridgehead atoms. The van der Waals surface area contributed by atoms with Gasteiger partial charge in [0, 0.05) is 26.2 Å². The predicted octanol–water partition coefficient (Wildman–Crippen LogP) is 0.613. The van der Waals surface area contributed by atoms with Crippen molar-refractivity contribution in [3.8, 4) is 0 Å². The van der Waals surface area contributed by atoms with Gasteiger partial charge in [-0.2, -0.15) is 0 Å². The molecule has 1 aliphatic rings. The summed E-state index contributed by atoms with van der Waals surface area (Å²) in [5.74, 6) is -0.240. The number of carbonyl (C=O) groups excluding carboxylic acids is 2. The summed E-state index contributed by atoms with van der Waals surface area (Å²) >= 11 is 0. The van der Waals surface area contributed by atoms with E-state index in [-0.39, 0.29) is 19.0 Å². The fraction of sp³-hybridized carbons (Fsp3) is 0.692. The Morgan fingerprint density at radius 2 is 2.00 bits per heavy atom. The number of hydrogen-bond donors (Lipinski definition) is 1. The first-order valence-corrected chi connectivity index (χ1v) is 6.19. The Bertz CT molecular complexity index is 396. The summed E-state index contributed by atoms with van der Waals surface area (Å²) in [6, 6.07) is 0. The van der Waals surface area contributed by atoms with Crippen LogP contribution in [0.5, 0.6) is 0 Å². The molecule has 1 heterocycles. The summed E-state index contributed by atoms with van der Waals surface area (Å²) in [7, 11) is 3.24. The van der Waals surface area contributed by atoms with Crippen LogP contribution in [0.2, 0.25) is 0 Å². The number of carbonyl (C=O) groups is 2. The Morgan fingerprint density at radius 3 is 2.42 bits per heavy atom. The minimum atomic E-state index is -0.976. The van der Waals surface area contributed by atoms with E-state index < -0.39 is 17.8 Å². The molecule has 6 heteroatoms. The lowest BCUT2D eigenvalue weighted by Crippen LogP contribution is -2.46. The van der Waals surface area contributed by atoms with Crippen LogP contribution in [0.3, 0.4) is 0 Å². The first kappa shape index (κ1) is 15.5. The molecule has 1 rings (SSSR count). The highest BCUT2D eigenvalue weighted by molar-refractivity contribution is 5.94. The largest absolute Gasteiger partial charge is 0.444 e. The van der Waals surface area contributed by atoms with Crippen molar-refractivity contribution in [1.29, 1.82) is 0 Å². The van der Waals surface area contributed by atoms with E-state index in [1.807, 2.05) is 0 Å². The quantitative estimate of drug-likeness (QED) is 0.758. The second kappa shape index (κ2) is 5.61. The molecule has 0 aromatic rings. The zero-order valence-electron chi connectivity index (χ0n) is 12.1. The molecule has 0 aromatic heterocycles. The molecular formula is C13H22N2O4. The molecule has 19 heavy (non-hydrogen) atoms. The molecule has 2 amide bonds. The van der Waals surface area contributed by atoms with Crippen LogP contribution in [0.1, 0.15) is 20.8 Å². The SMILES string of the molecule is CN(C)C(=O)C1=CCN(C(=O)OC(C)(C)C)CC1O. The third kappa shape index (κ3) is 4.24. The monoisotopic (exact) mass is 270 g/mol. The molecule has 6 nitrogen and oxygen atoms in total. The normalized spacial score (nSPS) is 19.8. The van der Waals surface area contributed by atoms with Crippen molar-refractivity contribution in [2.24, 2.45) is 0 Å². The Balaban J connectivity index is 2.72. The van der Waals surface area contributed by atoms with Crippen molar-refractivity contribution in [1.82, 2.24) is 9.80 Å². The van der Waals surface area contributed by atoms with Gasteiger partial charge < -0.3 is 19.6 Å². The van der Waals surface area contributed by atoms with E-state index in [1.165, 1.54) is 9.80 Å². The average molecular weight is 270 g/mol. The van der Waals surface area contributed by atoms with Crippen LogP contribution in [0.4, 0.5) is 4.79 Å². The topological polar surface area (TPSA) is 70.1 Å². The standard InChI is InChI=1S/C13H22N2O4/c1-13(2,3)19-12(18)15-7-6-9(10(16)8-15)11(17)14(4)5/h6,10,16H,7-8H2,1-5H3. The van der Waals surface area contributed by atoms with Crippen molar-refractivity contribution in [2.75, 3.05) is 27.2 Å². The molecule has 1 aliphatic heterocycles. The zero-order chi connectivity index (χ0) is 14.8. The number of ether oxygens (including phenoxy) is 1. The number of likely N-dealkylation sites (N-methyl/N-ethyl adjacent to an activating group) is 1. The second-order valence-corrected chi connectivity index (χ2v) is 5.76. The van der Waals surface area contributed by atoms with E-state index in [2.05, 4.69) is 0 Å². The second-order valence-electron chi connectivity index (χ2n) is 5.76. The molecule has 1 atom stereocenters. The van der Waals surface area contributed by atoms with Crippen LogP contribution in [0, 0.1) is 0 Å². The van der Waals surface area contributed by atoms with Gasteiger partial charge in [-0.25, -0.2) is 4.79 Å². The molecule has 108 valence electrons. The van der Waals surface area contributed by atoms with Gasteiger partial charge in [-0.3, -0.25) is 4.79 Å². The number of rotatable bonds is 1. The summed E-state index contributed by atoms with van der Waals surface area (Å²) in [6.45, 7) is 5.67. The van der Waals surface area contributed by atoms with E-state index in [9.17, 15) is 14.7 Å². The predicted molar refractivity (Wildman–Crippen MR) is 70.6 cm³/mol. The van der Waals surface area contributed by atoms with Crippen molar-refractivity contribution < 1.29 is 19.4 Å². The highest BCUT2D eigenvalue weighted by Gasteiger charge is 2.30. The maximum atomic E-state index is 11.8. The molecule has 0 aromatic carbocycles. The maximum Gasteiger partial charge on any atom is 0.410 e. The van der Waals surface area contributed by atoms with E-state index >= 15 is 0 Å². The fourth-order valence-electron chi connectivity index (χ4n) is 1.69. The summed E-state index contributed by atoms with van der Waals surface area (Å²) in [4.78, 5) is 26.4. The van der Waals surface area contributed by atoms with Crippen molar-refractivity contribution in [2.45, 2.75) is 32.5 Å². The Kier molecular flexibility index (Phi) is 4.57. The molecule has 0 saturated heterocycles. The van der Waals surface area contributed by atoms with Gasteiger partial charge in [-0.05, 0) is 20.8 Å². The van der Waals surface area contributed by atoms with Crippen LogP contribution in [-0.2, 0) is 9.53 Å². The number of aliphatic hydroxyl groups excluding tert-OH is 1. The van der Waals surface area contributed by atoms with Gasteiger partial charge in [0.2, 0.25) is 0 Å². The minimum Gasteiger partial charge on any atom is -0.444 e. The van der Waals surface area contributed by atoms with Gasteiger partial charge in [0.05, 0.1) is 6.54 Å². The zero-order valence-corrected chi connectivity index (χ0v) is 12.1. The molecule has 1 unspecified atom stereocenters. The average Bonchev–Trinajstić information content (AvgIpc) is 2.25. The van der Waals surface area contributed by atoms with Crippen LogP contribution < -0.4 is 0 Å². The van der Waals surface area contributed by atoms with Gasteiger partial charge >= 0.3 is 6.09 Å². The molecule has 0 aliphatic carbocycles. The van der Waals surface area contributed by atoms with Gasteiger partial charge in [0.1, 0.15) is 11.7 Å². The lowest BCUT2D eigenvalue weighted by atomic mass is 10.0. The number of β-amino-alcohol motifs (C(OH)–C–C–N with tert-alkyl or cyclic N) is 1. The number of aliphatic hydroxyl groups is 1. The van der Waals surface area contributed by atoms with Crippen LogP contribution in [0.15, 0.2) is 11.6 Å². The van der Waals surface area contributed by atoms with E-state index in [1.54, 1.807) is 40.9 Å². The lowest BCUT2D eigenvalue weighted by Gasteiger charge is -2.32. The summed E-state index contributed by atoms with van der Waals surface area (Å²) < 4.78 is 5.22. The summed E-state index contributed by atoms with van der Waals surface area (Å²) in [6.07, 6.45) is 0.107. The van der Waals surface area contributed by atoms with Crippen molar-refractivity contribution in [3.05, 3.63) is 11.6 Å². The maximum absolute atomic E-state index is 11.8.